The van der Waals surface area contributed by atoms with Crippen molar-refractivity contribution in [3.8, 4) is 11.3 Å². The molecule has 96 valence electrons. The molecule has 0 aliphatic heterocycles. The van der Waals surface area contributed by atoms with Crippen molar-refractivity contribution in [2.45, 2.75) is 0 Å². The predicted octanol–water partition coefficient (Wildman–Crippen LogP) is 4.31. The minimum absolute atomic E-state index is 0.834. The molecule has 0 spiro atoms. The van der Waals surface area contributed by atoms with Crippen molar-refractivity contribution in [3.63, 3.8) is 0 Å². The fraction of sp³-hybridized carbons (Fsp3) is 0. The molecule has 2 aromatic heterocycles. The molecular formula is C16H10BrN3. The topological polar surface area (TPSA) is 30.2 Å². The van der Waals surface area contributed by atoms with Gasteiger partial charge in [0.15, 0.2) is 5.65 Å². The molecule has 0 fully saturated rings. The highest BCUT2D eigenvalue weighted by atomic mass is 79.9. The number of hydrogen-bond acceptors (Lipinski definition) is 2. The van der Waals surface area contributed by atoms with Crippen LogP contribution in [-0.2, 0) is 0 Å². The van der Waals surface area contributed by atoms with E-state index in [0.29, 0.717) is 0 Å². The van der Waals surface area contributed by atoms with Gasteiger partial charge in [-0.1, -0.05) is 42.5 Å². The van der Waals surface area contributed by atoms with Crippen LogP contribution in [0.2, 0.25) is 0 Å². The first kappa shape index (κ1) is 11.6. The Labute approximate surface area is 124 Å². The summed E-state index contributed by atoms with van der Waals surface area (Å²) in [7, 11) is 0. The first-order valence-electron chi connectivity index (χ1n) is 6.31. The average molecular weight is 324 g/mol. The molecule has 0 unspecified atom stereocenters. The van der Waals surface area contributed by atoms with Crippen molar-refractivity contribution in [1.29, 1.82) is 0 Å². The van der Waals surface area contributed by atoms with Crippen molar-refractivity contribution < 1.29 is 0 Å². The zero-order valence-electron chi connectivity index (χ0n) is 10.5. The highest BCUT2D eigenvalue weighted by Crippen LogP contribution is 2.27. The third-order valence-electron chi connectivity index (χ3n) is 3.39. The molecule has 4 rings (SSSR count). The molecule has 20 heavy (non-hydrogen) atoms. The summed E-state index contributed by atoms with van der Waals surface area (Å²) in [5.41, 5.74) is 2.90. The molecule has 4 heteroatoms. The van der Waals surface area contributed by atoms with Crippen LogP contribution in [0.25, 0.3) is 27.7 Å². The summed E-state index contributed by atoms with van der Waals surface area (Å²) in [6.45, 7) is 0. The Morgan fingerprint density at radius 1 is 0.900 bits per heavy atom. The van der Waals surface area contributed by atoms with E-state index >= 15 is 0 Å². The smallest absolute Gasteiger partial charge is 0.154 e. The number of nitrogens with zero attached hydrogens (tertiary/aromatic N) is 3. The van der Waals surface area contributed by atoms with Gasteiger partial charge in [-0.3, -0.25) is 0 Å². The van der Waals surface area contributed by atoms with Gasteiger partial charge in [-0.2, -0.15) is 5.10 Å². The zero-order chi connectivity index (χ0) is 13.5. The van der Waals surface area contributed by atoms with Gasteiger partial charge in [0, 0.05) is 5.56 Å². The van der Waals surface area contributed by atoms with Crippen LogP contribution >= 0.6 is 15.9 Å². The van der Waals surface area contributed by atoms with Crippen LogP contribution in [0.4, 0.5) is 0 Å². The molecule has 0 amide bonds. The maximum atomic E-state index is 4.66. The van der Waals surface area contributed by atoms with Crippen LogP contribution in [-0.4, -0.2) is 14.6 Å². The van der Waals surface area contributed by atoms with Crippen LogP contribution < -0.4 is 0 Å². The highest BCUT2D eigenvalue weighted by molar-refractivity contribution is 9.10. The second-order valence-electron chi connectivity index (χ2n) is 4.60. The number of hydrogen-bond donors (Lipinski definition) is 0. The van der Waals surface area contributed by atoms with Crippen LogP contribution in [0.1, 0.15) is 0 Å². The monoisotopic (exact) mass is 323 g/mol. The Morgan fingerprint density at radius 3 is 2.70 bits per heavy atom. The molecule has 0 aliphatic rings. The number of benzene rings is 2. The number of halogens is 1. The minimum Gasteiger partial charge on any atom is -0.234 e. The number of aromatic nitrogens is 3. The predicted molar refractivity (Wildman–Crippen MR) is 83.6 cm³/mol. The van der Waals surface area contributed by atoms with Gasteiger partial charge in [-0.25, -0.2) is 9.50 Å². The van der Waals surface area contributed by atoms with Gasteiger partial charge in [0.1, 0.15) is 4.60 Å². The lowest BCUT2D eigenvalue weighted by atomic mass is 10.0. The summed E-state index contributed by atoms with van der Waals surface area (Å²) in [6.07, 6.45) is 1.76. The molecule has 4 aromatic rings. The molecular weight excluding hydrogens is 314 g/mol. The van der Waals surface area contributed by atoms with Gasteiger partial charge in [0.2, 0.25) is 0 Å². The summed E-state index contributed by atoms with van der Waals surface area (Å²) in [5.74, 6) is 0. The maximum absolute atomic E-state index is 4.66. The summed E-state index contributed by atoms with van der Waals surface area (Å²) in [4.78, 5) is 4.27. The summed E-state index contributed by atoms with van der Waals surface area (Å²) in [6, 6.07) is 18.6. The molecule has 3 nitrogen and oxygen atoms in total. The Bertz CT molecular complexity index is 922. The molecule has 0 N–H and O–H groups in total. The largest absolute Gasteiger partial charge is 0.234 e. The quantitative estimate of drug-likeness (QED) is 0.522. The van der Waals surface area contributed by atoms with Gasteiger partial charge in [0.05, 0.1) is 11.9 Å². The normalized spacial score (nSPS) is 11.2. The molecule has 0 atom stereocenters. The number of rotatable bonds is 1. The Morgan fingerprint density at radius 2 is 1.75 bits per heavy atom. The van der Waals surface area contributed by atoms with E-state index in [1.165, 1.54) is 10.8 Å². The molecule has 0 aliphatic carbocycles. The van der Waals surface area contributed by atoms with Crippen molar-refractivity contribution in [1.82, 2.24) is 14.6 Å². The highest BCUT2D eigenvalue weighted by Gasteiger charge is 2.07. The van der Waals surface area contributed by atoms with E-state index in [0.717, 1.165) is 21.5 Å². The first-order valence-corrected chi connectivity index (χ1v) is 7.11. The Balaban J connectivity index is 2.03. The van der Waals surface area contributed by atoms with E-state index in [1.807, 2.05) is 12.1 Å². The zero-order valence-corrected chi connectivity index (χ0v) is 12.1. The summed E-state index contributed by atoms with van der Waals surface area (Å²) in [5, 5.41) is 7.09. The van der Waals surface area contributed by atoms with Gasteiger partial charge >= 0.3 is 0 Å². The summed E-state index contributed by atoms with van der Waals surface area (Å²) >= 11 is 3.46. The molecule has 2 aromatic carbocycles. The molecule has 0 saturated heterocycles. The minimum atomic E-state index is 0.834. The van der Waals surface area contributed by atoms with E-state index in [1.54, 1.807) is 10.7 Å². The fourth-order valence-corrected chi connectivity index (χ4v) is 2.80. The lowest BCUT2D eigenvalue weighted by Gasteiger charge is -2.06. The van der Waals surface area contributed by atoms with Crippen LogP contribution in [0, 0.1) is 0 Å². The summed E-state index contributed by atoms with van der Waals surface area (Å²) < 4.78 is 2.66. The molecule has 0 saturated carbocycles. The van der Waals surface area contributed by atoms with Crippen LogP contribution in [0.3, 0.4) is 0 Å². The van der Waals surface area contributed by atoms with Gasteiger partial charge in [-0.15, -0.1) is 0 Å². The van der Waals surface area contributed by atoms with Crippen molar-refractivity contribution >= 4 is 32.3 Å². The van der Waals surface area contributed by atoms with Gasteiger partial charge in [-0.05, 0) is 38.8 Å². The van der Waals surface area contributed by atoms with Gasteiger partial charge in [0.25, 0.3) is 0 Å². The molecule has 2 heterocycles. The third-order valence-corrected chi connectivity index (χ3v) is 3.93. The molecule has 0 radical (unpaired) electrons. The van der Waals surface area contributed by atoms with Crippen molar-refractivity contribution in [2.24, 2.45) is 0 Å². The van der Waals surface area contributed by atoms with Crippen LogP contribution in [0.5, 0.6) is 0 Å². The van der Waals surface area contributed by atoms with E-state index in [9.17, 15) is 0 Å². The Kier molecular flexibility index (Phi) is 2.57. The van der Waals surface area contributed by atoms with Crippen molar-refractivity contribution in [2.75, 3.05) is 0 Å². The van der Waals surface area contributed by atoms with E-state index in [2.05, 4.69) is 68.5 Å². The second kappa shape index (κ2) is 4.42. The Hall–Kier alpha value is -2.20. The van der Waals surface area contributed by atoms with Gasteiger partial charge < -0.3 is 0 Å². The second-order valence-corrected chi connectivity index (χ2v) is 5.41. The maximum Gasteiger partial charge on any atom is 0.154 e. The third kappa shape index (κ3) is 1.72. The van der Waals surface area contributed by atoms with Crippen molar-refractivity contribution in [3.05, 3.63) is 65.4 Å². The lowest BCUT2D eigenvalue weighted by Crippen LogP contribution is -1.95. The number of imidazole rings is 1. The lowest BCUT2D eigenvalue weighted by molar-refractivity contribution is 0.923. The SMILES string of the molecule is Brc1cnc2ccc(-c3cccc4ccccc34)nn12. The van der Waals surface area contributed by atoms with E-state index < -0.39 is 0 Å². The number of fused-ring (bicyclic) bond motifs is 2. The fourth-order valence-electron chi connectivity index (χ4n) is 2.44. The van der Waals surface area contributed by atoms with Crippen LogP contribution in [0.15, 0.2) is 65.4 Å². The standard InChI is InChI=1S/C16H10BrN3/c17-15-10-18-16-9-8-14(19-20(15)16)13-7-3-5-11-4-1-2-6-12(11)13/h1-10H. The van der Waals surface area contributed by atoms with E-state index in [4.69, 9.17) is 0 Å². The van der Waals surface area contributed by atoms with E-state index in [-0.39, 0.29) is 0 Å². The first-order chi connectivity index (χ1) is 9.83. The average Bonchev–Trinajstić information content (AvgIpc) is 2.88. The molecule has 0 bridgehead atoms.